The SMILES string of the molecule is CS(=O)(=O)NC(=O)c1ccc(-c2ccc(CCNC[C@H](O)c3cccnc3)cc2)cc1SC1CCCCC1. The molecule has 1 aliphatic carbocycles. The van der Waals surface area contributed by atoms with Crippen molar-refractivity contribution in [2.75, 3.05) is 19.3 Å². The fourth-order valence-corrected chi connectivity index (χ4v) is 6.46. The van der Waals surface area contributed by atoms with Crippen LogP contribution in [0.3, 0.4) is 0 Å². The lowest BCUT2D eigenvalue weighted by Crippen LogP contribution is -2.29. The first kappa shape index (κ1) is 28.3. The Morgan fingerprint density at radius 2 is 1.82 bits per heavy atom. The predicted molar refractivity (Wildman–Crippen MR) is 153 cm³/mol. The van der Waals surface area contributed by atoms with E-state index < -0.39 is 22.0 Å². The van der Waals surface area contributed by atoms with Gasteiger partial charge in [0.25, 0.3) is 5.91 Å². The van der Waals surface area contributed by atoms with E-state index in [2.05, 4.69) is 39.3 Å². The number of thioether (sulfide) groups is 1. The summed E-state index contributed by atoms with van der Waals surface area (Å²) in [5, 5.41) is 14.0. The Hall–Kier alpha value is -2.72. The van der Waals surface area contributed by atoms with Crippen LogP contribution in [-0.4, -0.2) is 49.0 Å². The number of benzene rings is 2. The van der Waals surface area contributed by atoms with Gasteiger partial charge in [0.1, 0.15) is 0 Å². The number of carbonyl (C=O) groups is 1. The second kappa shape index (κ2) is 13.4. The summed E-state index contributed by atoms with van der Waals surface area (Å²) in [5.41, 5.74) is 4.40. The van der Waals surface area contributed by atoms with Crippen molar-refractivity contribution in [3.8, 4) is 11.1 Å². The van der Waals surface area contributed by atoms with E-state index in [1.54, 1.807) is 30.2 Å². The average molecular weight is 554 g/mol. The van der Waals surface area contributed by atoms with Crippen LogP contribution in [0, 0.1) is 0 Å². The maximum atomic E-state index is 12.7. The van der Waals surface area contributed by atoms with Crippen LogP contribution in [0.4, 0.5) is 0 Å². The van der Waals surface area contributed by atoms with Crippen LogP contribution in [0.15, 0.2) is 71.9 Å². The number of amides is 1. The van der Waals surface area contributed by atoms with Gasteiger partial charge < -0.3 is 10.4 Å². The number of aliphatic hydroxyl groups excluding tert-OH is 1. The van der Waals surface area contributed by atoms with Crippen molar-refractivity contribution in [2.45, 2.75) is 54.8 Å². The van der Waals surface area contributed by atoms with E-state index in [4.69, 9.17) is 0 Å². The maximum absolute atomic E-state index is 12.7. The zero-order chi connectivity index (χ0) is 27.0. The second-order valence-electron chi connectivity index (χ2n) is 9.75. The third-order valence-electron chi connectivity index (χ3n) is 6.63. The maximum Gasteiger partial charge on any atom is 0.265 e. The molecule has 0 saturated heterocycles. The average Bonchev–Trinajstić information content (AvgIpc) is 2.91. The summed E-state index contributed by atoms with van der Waals surface area (Å²) in [6.07, 6.45) is 10.4. The lowest BCUT2D eigenvalue weighted by Gasteiger charge is -2.22. The molecule has 7 nitrogen and oxygen atoms in total. The predicted octanol–water partition coefficient (Wildman–Crippen LogP) is 4.73. The first-order chi connectivity index (χ1) is 18.3. The summed E-state index contributed by atoms with van der Waals surface area (Å²) in [7, 11) is -3.65. The van der Waals surface area contributed by atoms with Crippen LogP contribution in [0.25, 0.3) is 11.1 Å². The van der Waals surface area contributed by atoms with Gasteiger partial charge in [0, 0.05) is 34.6 Å². The van der Waals surface area contributed by atoms with E-state index in [1.165, 1.54) is 24.8 Å². The molecule has 0 unspecified atom stereocenters. The summed E-state index contributed by atoms with van der Waals surface area (Å²) < 4.78 is 25.5. The molecule has 1 atom stereocenters. The molecule has 1 aromatic heterocycles. The number of hydrogen-bond acceptors (Lipinski definition) is 7. The van der Waals surface area contributed by atoms with Crippen LogP contribution in [0.2, 0.25) is 0 Å². The van der Waals surface area contributed by atoms with Gasteiger partial charge in [0.05, 0.1) is 17.9 Å². The second-order valence-corrected chi connectivity index (χ2v) is 12.8. The molecular weight excluding hydrogens is 518 g/mol. The van der Waals surface area contributed by atoms with Gasteiger partial charge in [-0.3, -0.25) is 9.78 Å². The van der Waals surface area contributed by atoms with Crippen molar-refractivity contribution in [1.29, 1.82) is 0 Å². The molecule has 2 aromatic carbocycles. The Bertz CT molecular complexity index is 1310. The molecule has 202 valence electrons. The van der Waals surface area contributed by atoms with Crippen LogP contribution >= 0.6 is 11.8 Å². The summed E-state index contributed by atoms with van der Waals surface area (Å²) in [5.74, 6) is -0.589. The van der Waals surface area contributed by atoms with Gasteiger partial charge in [-0.1, -0.05) is 55.7 Å². The van der Waals surface area contributed by atoms with E-state index >= 15 is 0 Å². The summed E-state index contributed by atoms with van der Waals surface area (Å²) in [6, 6.07) is 17.6. The van der Waals surface area contributed by atoms with Crippen LogP contribution in [-0.2, 0) is 16.4 Å². The van der Waals surface area contributed by atoms with Gasteiger partial charge in [-0.15, -0.1) is 11.8 Å². The summed E-state index contributed by atoms with van der Waals surface area (Å²) >= 11 is 1.68. The Labute approximate surface area is 229 Å². The highest BCUT2D eigenvalue weighted by atomic mass is 32.2. The van der Waals surface area contributed by atoms with E-state index in [0.29, 0.717) is 17.4 Å². The van der Waals surface area contributed by atoms with E-state index in [0.717, 1.165) is 53.6 Å². The number of sulfonamides is 1. The van der Waals surface area contributed by atoms with Gasteiger partial charge >= 0.3 is 0 Å². The van der Waals surface area contributed by atoms with Gasteiger partial charge in [-0.25, -0.2) is 13.1 Å². The first-order valence-electron chi connectivity index (χ1n) is 13.0. The zero-order valence-electron chi connectivity index (χ0n) is 21.6. The molecule has 1 aliphatic rings. The molecule has 0 spiro atoms. The molecule has 1 fully saturated rings. The lowest BCUT2D eigenvalue weighted by molar-refractivity contribution is 0.0979. The number of aromatic nitrogens is 1. The molecule has 1 amide bonds. The Kier molecular flexibility index (Phi) is 9.96. The molecule has 0 bridgehead atoms. The molecule has 1 saturated carbocycles. The van der Waals surface area contributed by atoms with Gasteiger partial charge in [-0.05, 0) is 60.7 Å². The Morgan fingerprint density at radius 3 is 2.50 bits per heavy atom. The van der Waals surface area contributed by atoms with Crippen molar-refractivity contribution >= 4 is 27.7 Å². The molecule has 38 heavy (non-hydrogen) atoms. The van der Waals surface area contributed by atoms with Crippen LogP contribution in [0.5, 0.6) is 0 Å². The van der Waals surface area contributed by atoms with Gasteiger partial charge in [0.2, 0.25) is 10.0 Å². The molecule has 0 aliphatic heterocycles. The number of hydrogen-bond donors (Lipinski definition) is 3. The zero-order valence-corrected chi connectivity index (χ0v) is 23.2. The topological polar surface area (TPSA) is 108 Å². The fourth-order valence-electron chi connectivity index (χ4n) is 4.60. The standard InChI is InChI=1S/C29H35N3O4S2/c1-38(35,36)32-29(34)26-14-13-23(18-28(26)37-25-7-3-2-4-8-25)22-11-9-21(10-12-22)15-17-31-20-27(33)24-6-5-16-30-19-24/h5-6,9-14,16,18-19,25,27,31,33H,2-4,7-8,15,17,20H2,1H3,(H,32,34)/t27-/m0/s1. The normalized spacial score (nSPS) is 15.2. The molecule has 9 heteroatoms. The number of rotatable bonds is 11. The molecule has 1 heterocycles. The largest absolute Gasteiger partial charge is 0.387 e. The minimum absolute atomic E-state index is 0.394. The smallest absolute Gasteiger partial charge is 0.265 e. The lowest BCUT2D eigenvalue weighted by atomic mass is 10.0. The number of nitrogens with zero attached hydrogens (tertiary/aromatic N) is 1. The quantitative estimate of drug-likeness (QED) is 0.295. The third-order valence-corrected chi connectivity index (χ3v) is 8.59. The van der Waals surface area contributed by atoms with Crippen molar-refractivity contribution in [1.82, 2.24) is 15.0 Å². The minimum Gasteiger partial charge on any atom is -0.387 e. The Morgan fingerprint density at radius 1 is 1.08 bits per heavy atom. The number of nitrogens with one attached hydrogen (secondary N) is 2. The van der Waals surface area contributed by atoms with E-state index in [9.17, 15) is 18.3 Å². The van der Waals surface area contributed by atoms with Gasteiger partial charge in [0.15, 0.2) is 0 Å². The monoisotopic (exact) mass is 553 g/mol. The van der Waals surface area contributed by atoms with Gasteiger partial charge in [-0.2, -0.15) is 0 Å². The molecule has 3 aromatic rings. The highest BCUT2D eigenvalue weighted by molar-refractivity contribution is 8.00. The third kappa shape index (κ3) is 8.39. The molecule has 3 N–H and O–H groups in total. The minimum atomic E-state index is -3.65. The number of aliphatic hydroxyl groups is 1. The van der Waals surface area contributed by atoms with Crippen molar-refractivity contribution in [3.05, 3.63) is 83.7 Å². The highest BCUT2D eigenvalue weighted by Gasteiger charge is 2.21. The van der Waals surface area contributed by atoms with Crippen molar-refractivity contribution < 1.29 is 18.3 Å². The molecular formula is C29H35N3O4S2. The van der Waals surface area contributed by atoms with E-state index in [-0.39, 0.29) is 0 Å². The highest BCUT2D eigenvalue weighted by Crippen LogP contribution is 2.37. The number of carbonyl (C=O) groups excluding carboxylic acids is 1. The van der Waals surface area contributed by atoms with E-state index in [1.807, 2.05) is 24.3 Å². The number of pyridine rings is 1. The van der Waals surface area contributed by atoms with Crippen LogP contribution in [0.1, 0.15) is 59.7 Å². The summed E-state index contributed by atoms with van der Waals surface area (Å²) in [4.78, 5) is 17.6. The van der Waals surface area contributed by atoms with Crippen molar-refractivity contribution in [2.24, 2.45) is 0 Å². The molecule has 0 radical (unpaired) electrons. The fraction of sp³-hybridized carbons (Fsp3) is 0.379. The molecule has 4 rings (SSSR count). The Balaban J connectivity index is 1.41. The first-order valence-corrected chi connectivity index (χ1v) is 15.8. The van der Waals surface area contributed by atoms with Crippen LogP contribution < -0.4 is 10.0 Å². The van der Waals surface area contributed by atoms with Crippen molar-refractivity contribution in [3.63, 3.8) is 0 Å². The summed E-state index contributed by atoms with van der Waals surface area (Å²) in [6.45, 7) is 1.20.